The number of alkyl halides is 1. The molecule has 0 aromatic heterocycles. The zero-order valence-electron chi connectivity index (χ0n) is 11.6. The second-order valence-electron chi connectivity index (χ2n) is 5.74. The maximum absolute atomic E-state index is 12.1. The minimum absolute atomic E-state index is 0.133. The minimum atomic E-state index is -1.20. The molecule has 0 saturated heterocycles. The number of para-hydroxylation sites is 1. The van der Waals surface area contributed by atoms with Gasteiger partial charge in [0.25, 0.3) is 0 Å². The van der Waals surface area contributed by atoms with Gasteiger partial charge < -0.3 is 9.84 Å². The van der Waals surface area contributed by atoms with Gasteiger partial charge in [0.15, 0.2) is 0 Å². The van der Waals surface area contributed by atoms with E-state index in [1.807, 2.05) is 0 Å². The number of carbonyl (C=O) groups is 1. The first-order chi connectivity index (χ1) is 8.85. The van der Waals surface area contributed by atoms with Crippen LogP contribution in [0.1, 0.15) is 11.5 Å². The molecule has 1 aromatic carbocycles. The van der Waals surface area contributed by atoms with Gasteiger partial charge in [-0.25, -0.2) is 0 Å². The molecule has 1 N–H and O–H groups in total. The summed E-state index contributed by atoms with van der Waals surface area (Å²) in [6.45, 7) is 7.19. The Morgan fingerprint density at radius 3 is 2.53 bits per heavy atom. The van der Waals surface area contributed by atoms with E-state index in [-0.39, 0.29) is 11.7 Å². The zero-order chi connectivity index (χ0) is 14.5. The van der Waals surface area contributed by atoms with Gasteiger partial charge in [0.05, 0.1) is 12.5 Å². The summed E-state index contributed by atoms with van der Waals surface area (Å²) in [4.78, 5) is 12.1. The van der Waals surface area contributed by atoms with Crippen LogP contribution in [0.2, 0.25) is 25.7 Å². The van der Waals surface area contributed by atoms with E-state index < -0.39 is 14.0 Å². The average Bonchev–Trinajstić information content (AvgIpc) is 2.31. The Balaban J connectivity index is 2.65. The lowest BCUT2D eigenvalue weighted by molar-refractivity contribution is -0.144. The third kappa shape index (κ3) is 5.36. The molecular formula is C14H21BrO3Si. The number of hydrogen-bond acceptors (Lipinski definition) is 3. The number of benzene rings is 1. The van der Waals surface area contributed by atoms with Crippen LogP contribution in [0.3, 0.4) is 0 Å². The molecule has 0 aliphatic rings. The lowest BCUT2D eigenvalue weighted by Gasteiger charge is -2.18. The van der Waals surface area contributed by atoms with Gasteiger partial charge in [-0.1, -0.05) is 53.8 Å². The number of rotatable bonds is 6. The van der Waals surface area contributed by atoms with E-state index in [0.717, 1.165) is 6.04 Å². The first kappa shape index (κ1) is 16.2. The second-order valence-corrected chi connectivity index (χ2v) is 12.0. The summed E-state index contributed by atoms with van der Waals surface area (Å²) in [5.74, 6) is -0.603. The Morgan fingerprint density at radius 2 is 2.00 bits per heavy atom. The molecule has 1 atom stereocenters. The summed E-state index contributed by atoms with van der Waals surface area (Å²) in [6, 6.07) is 7.83. The second kappa shape index (κ2) is 7.10. The van der Waals surface area contributed by atoms with E-state index >= 15 is 0 Å². The fourth-order valence-electron chi connectivity index (χ4n) is 1.61. The Labute approximate surface area is 124 Å². The normalized spacial score (nSPS) is 13.1. The van der Waals surface area contributed by atoms with Gasteiger partial charge in [0.2, 0.25) is 0 Å². The average molecular weight is 345 g/mol. The maximum atomic E-state index is 12.1. The highest BCUT2D eigenvalue weighted by Gasteiger charge is 2.24. The molecule has 0 unspecified atom stereocenters. The van der Waals surface area contributed by atoms with Gasteiger partial charge in [-0.3, -0.25) is 4.79 Å². The fourth-order valence-corrected chi connectivity index (χ4v) is 2.94. The van der Waals surface area contributed by atoms with Crippen molar-refractivity contribution in [3.8, 4) is 5.75 Å². The van der Waals surface area contributed by atoms with Gasteiger partial charge in [-0.05, 0) is 12.1 Å². The predicted molar refractivity (Wildman–Crippen MR) is 83.8 cm³/mol. The predicted octanol–water partition coefficient (Wildman–Crippen LogP) is 3.75. The lowest BCUT2D eigenvalue weighted by atomic mass is 10.0. The maximum Gasteiger partial charge on any atom is 0.314 e. The largest absolute Gasteiger partial charge is 0.508 e. The highest BCUT2D eigenvalue weighted by molar-refractivity contribution is 9.09. The fraction of sp³-hybridized carbons (Fsp3) is 0.500. The van der Waals surface area contributed by atoms with Crippen LogP contribution in [0.4, 0.5) is 0 Å². The van der Waals surface area contributed by atoms with Crippen molar-refractivity contribution in [1.82, 2.24) is 0 Å². The standard InChI is InChI=1S/C14H21BrO3Si/c1-19(2,3)9-8-18-14(17)12(10-15)11-6-4-5-7-13(11)16/h4-7,12,16H,8-10H2,1-3H3/t12-/m1/s1. The molecule has 0 aliphatic heterocycles. The van der Waals surface area contributed by atoms with Gasteiger partial charge in [-0.2, -0.15) is 0 Å². The number of halogens is 1. The monoisotopic (exact) mass is 344 g/mol. The molecule has 0 aliphatic carbocycles. The Hall–Kier alpha value is -0.813. The molecule has 5 heteroatoms. The Morgan fingerprint density at radius 1 is 1.37 bits per heavy atom. The molecular weight excluding hydrogens is 324 g/mol. The molecule has 0 fully saturated rings. The number of phenolic OH excluding ortho intramolecular Hbond substituents is 1. The smallest absolute Gasteiger partial charge is 0.314 e. The lowest BCUT2D eigenvalue weighted by Crippen LogP contribution is -2.24. The Kier molecular flexibility index (Phi) is 6.07. The molecule has 0 saturated carbocycles. The van der Waals surface area contributed by atoms with Crippen molar-refractivity contribution in [1.29, 1.82) is 0 Å². The van der Waals surface area contributed by atoms with Gasteiger partial charge >= 0.3 is 5.97 Å². The number of phenols is 1. The number of ether oxygens (including phenoxy) is 1. The van der Waals surface area contributed by atoms with Crippen molar-refractivity contribution in [2.75, 3.05) is 11.9 Å². The minimum Gasteiger partial charge on any atom is -0.508 e. The molecule has 0 bridgehead atoms. The van der Waals surface area contributed by atoms with Crippen molar-refractivity contribution >= 4 is 30.0 Å². The van der Waals surface area contributed by atoms with Crippen molar-refractivity contribution in [2.45, 2.75) is 31.6 Å². The summed E-state index contributed by atoms with van der Waals surface area (Å²) < 4.78 is 5.34. The van der Waals surface area contributed by atoms with Crippen LogP contribution >= 0.6 is 15.9 Å². The molecule has 1 aromatic rings. The molecule has 1 rings (SSSR count). The summed E-state index contributed by atoms with van der Waals surface area (Å²) in [5.41, 5.74) is 0.609. The van der Waals surface area contributed by atoms with E-state index in [0.29, 0.717) is 17.5 Å². The highest BCUT2D eigenvalue weighted by Crippen LogP contribution is 2.28. The van der Waals surface area contributed by atoms with Gasteiger partial charge in [-0.15, -0.1) is 0 Å². The number of carbonyl (C=O) groups excluding carboxylic acids is 1. The van der Waals surface area contributed by atoms with Crippen LogP contribution in [0, 0.1) is 0 Å². The van der Waals surface area contributed by atoms with Crippen LogP contribution in [-0.4, -0.2) is 31.1 Å². The number of esters is 1. The van der Waals surface area contributed by atoms with Crippen LogP contribution in [-0.2, 0) is 9.53 Å². The number of aromatic hydroxyl groups is 1. The first-order valence-corrected chi connectivity index (χ1v) is 11.2. The summed E-state index contributed by atoms with van der Waals surface area (Å²) >= 11 is 3.32. The summed E-state index contributed by atoms with van der Waals surface area (Å²) in [7, 11) is -1.20. The van der Waals surface area contributed by atoms with E-state index in [1.54, 1.807) is 24.3 Å². The number of hydrogen-bond donors (Lipinski definition) is 1. The van der Waals surface area contributed by atoms with Crippen molar-refractivity contribution in [2.24, 2.45) is 0 Å². The third-order valence-electron chi connectivity index (χ3n) is 2.85. The Bertz CT molecular complexity index is 429. The molecule has 106 valence electrons. The molecule has 0 spiro atoms. The van der Waals surface area contributed by atoms with Crippen molar-refractivity contribution in [3.63, 3.8) is 0 Å². The molecule has 0 radical (unpaired) electrons. The van der Waals surface area contributed by atoms with Gasteiger partial charge in [0, 0.05) is 19.0 Å². The van der Waals surface area contributed by atoms with Crippen LogP contribution < -0.4 is 0 Å². The van der Waals surface area contributed by atoms with Crippen molar-refractivity contribution < 1.29 is 14.6 Å². The molecule has 0 heterocycles. The van der Waals surface area contributed by atoms with E-state index in [4.69, 9.17) is 4.74 Å². The SMILES string of the molecule is C[Si](C)(C)CCOC(=O)[C@H](CBr)c1ccccc1O. The van der Waals surface area contributed by atoms with E-state index in [2.05, 4.69) is 35.6 Å². The quantitative estimate of drug-likeness (QED) is 0.485. The highest BCUT2D eigenvalue weighted by atomic mass is 79.9. The summed E-state index contributed by atoms with van der Waals surface area (Å²) in [5, 5.41) is 10.2. The van der Waals surface area contributed by atoms with Gasteiger partial charge in [0.1, 0.15) is 5.75 Å². The van der Waals surface area contributed by atoms with E-state index in [9.17, 15) is 9.90 Å². The first-order valence-electron chi connectivity index (χ1n) is 6.35. The third-order valence-corrected chi connectivity index (χ3v) is 5.20. The summed E-state index contributed by atoms with van der Waals surface area (Å²) in [6.07, 6.45) is 0. The zero-order valence-corrected chi connectivity index (χ0v) is 14.2. The van der Waals surface area contributed by atoms with Crippen LogP contribution in [0.5, 0.6) is 5.75 Å². The molecule has 0 amide bonds. The van der Waals surface area contributed by atoms with E-state index in [1.165, 1.54) is 0 Å². The van der Waals surface area contributed by atoms with Crippen LogP contribution in [0.15, 0.2) is 24.3 Å². The molecule has 3 nitrogen and oxygen atoms in total. The molecule has 19 heavy (non-hydrogen) atoms. The van der Waals surface area contributed by atoms with Crippen molar-refractivity contribution in [3.05, 3.63) is 29.8 Å². The van der Waals surface area contributed by atoms with Crippen LogP contribution in [0.25, 0.3) is 0 Å². The topological polar surface area (TPSA) is 46.5 Å².